The second-order valence-corrected chi connectivity index (χ2v) is 17.2. The summed E-state index contributed by atoms with van der Waals surface area (Å²) in [5.74, 6) is 0. The van der Waals surface area contributed by atoms with Crippen LogP contribution in [0.5, 0.6) is 0 Å². The fraction of sp³-hybridized carbons (Fsp3) is 0.111. The Morgan fingerprint density at radius 1 is 0.351 bits per heavy atom. The van der Waals surface area contributed by atoms with Gasteiger partial charge in [0.1, 0.15) is 0 Å². The zero-order valence-electron chi connectivity index (χ0n) is 32.7. The monoisotopic (exact) mass is 728 g/mol. The van der Waals surface area contributed by atoms with Crippen LogP contribution in [0.1, 0.15) is 49.9 Å². The highest BCUT2D eigenvalue weighted by atomic mass is 15.2. The van der Waals surface area contributed by atoms with E-state index >= 15 is 0 Å². The van der Waals surface area contributed by atoms with Crippen molar-refractivity contribution in [2.75, 3.05) is 9.80 Å². The van der Waals surface area contributed by atoms with Crippen molar-refractivity contribution in [1.82, 2.24) is 0 Å². The maximum atomic E-state index is 2.57. The van der Waals surface area contributed by atoms with Gasteiger partial charge in [0, 0.05) is 39.3 Å². The van der Waals surface area contributed by atoms with Crippen molar-refractivity contribution in [2.45, 2.75) is 38.5 Å². The minimum atomic E-state index is -0.152. The van der Waals surface area contributed by atoms with Crippen molar-refractivity contribution in [2.24, 2.45) is 0 Å². The fourth-order valence-corrected chi connectivity index (χ4v) is 11.3. The summed E-state index contributed by atoms with van der Waals surface area (Å²) in [5, 5.41) is 0. The van der Waals surface area contributed by atoms with E-state index in [1.54, 1.807) is 0 Å². The van der Waals surface area contributed by atoms with Crippen LogP contribution < -0.4 is 26.2 Å². The Bertz CT molecular complexity index is 2990. The number of hydrogen-bond donors (Lipinski definition) is 0. The largest absolute Gasteiger partial charge is 0.311 e. The number of fused-ring (bicyclic) bond motifs is 10. The van der Waals surface area contributed by atoms with Crippen molar-refractivity contribution in [3.8, 4) is 33.4 Å². The molecule has 3 heteroatoms. The molecule has 270 valence electrons. The molecule has 57 heavy (non-hydrogen) atoms. The molecule has 0 amide bonds. The molecule has 0 N–H and O–H groups in total. The minimum Gasteiger partial charge on any atom is -0.311 e. The smallest absolute Gasteiger partial charge is 0.252 e. The van der Waals surface area contributed by atoms with Crippen molar-refractivity contribution in [3.63, 3.8) is 0 Å². The summed E-state index contributed by atoms with van der Waals surface area (Å²) in [6, 6.07) is 66.1. The molecule has 2 aliphatic carbocycles. The van der Waals surface area contributed by atoms with Crippen LogP contribution in [0.2, 0.25) is 0 Å². The molecule has 0 fully saturated rings. The Morgan fingerprint density at radius 2 is 0.789 bits per heavy atom. The van der Waals surface area contributed by atoms with Gasteiger partial charge in [-0.3, -0.25) is 0 Å². The van der Waals surface area contributed by atoms with E-state index in [0.717, 1.165) is 5.69 Å². The number of hydrogen-bond acceptors (Lipinski definition) is 2. The molecule has 0 atom stereocenters. The van der Waals surface area contributed by atoms with Gasteiger partial charge >= 0.3 is 0 Å². The first-order valence-corrected chi connectivity index (χ1v) is 20.3. The predicted octanol–water partition coefficient (Wildman–Crippen LogP) is 12.0. The third-order valence-electron chi connectivity index (χ3n) is 13.6. The fourth-order valence-electron chi connectivity index (χ4n) is 11.3. The van der Waals surface area contributed by atoms with Crippen LogP contribution in [0.15, 0.2) is 176 Å². The Hall–Kier alpha value is -6.58. The molecule has 0 saturated heterocycles. The molecule has 0 bridgehead atoms. The molecule has 0 aromatic heterocycles. The summed E-state index contributed by atoms with van der Waals surface area (Å²) in [4.78, 5) is 5.08. The van der Waals surface area contributed by atoms with Crippen LogP contribution in [0.4, 0.5) is 34.1 Å². The second-order valence-electron chi connectivity index (χ2n) is 17.2. The molecule has 2 heterocycles. The van der Waals surface area contributed by atoms with E-state index in [0.29, 0.717) is 0 Å². The van der Waals surface area contributed by atoms with Crippen LogP contribution in [-0.4, -0.2) is 6.71 Å². The molecule has 2 aliphatic heterocycles. The van der Waals surface area contributed by atoms with Gasteiger partial charge in [0.15, 0.2) is 0 Å². The molecule has 8 aromatic carbocycles. The zero-order chi connectivity index (χ0) is 38.2. The van der Waals surface area contributed by atoms with Gasteiger partial charge in [0.25, 0.3) is 6.71 Å². The first kappa shape index (κ1) is 32.6. The van der Waals surface area contributed by atoms with Gasteiger partial charge in [-0.1, -0.05) is 161 Å². The lowest BCUT2D eigenvalue weighted by molar-refractivity contribution is 0.661. The lowest BCUT2D eigenvalue weighted by atomic mass is 9.33. The topological polar surface area (TPSA) is 6.48 Å². The summed E-state index contributed by atoms with van der Waals surface area (Å²) in [6.07, 6.45) is 0. The van der Waals surface area contributed by atoms with E-state index in [9.17, 15) is 0 Å². The lowest BCUT2D eigenvalue weighted by Crippen LogP contribution is -2.61. The predicted molar refractivity (Wildman–Crippen MR) is 241 cm³/mol. The molecule has 0 saturated carbocycles. The summed E-state index contributed by atoms with van der Waals surface area (Å²) in [6.45, 7) is 9.64. The summed E-state index contributed by atoms with van der Waals surface area (Å²) in [7, 11) is 0. The van der Waals surface area contributed by atoms with E-state index in [-0.39, 0.29) is 17.5 Å². The zero-order valence-corrected chi connectivity index (χ0v) is 32.7. The van der Waals surface area contributed by atoms with E-state index in [4.69, 9.17) is 0 Å². The van der Waals surface area contributed by atoms with Crippen LogP contribution >= 0.6 is 0 Å². The quantitative estimate of drug-likeness (QED) is 0.167. The van der Waals surface area contributed by atoms with Crippen molar-refractivity contribution < 1.29 is 0 Å². The Labute approximate surface area is 335 Å². The normalized spacial score (nSPS) is 15.5. The van der Waals surface area contributed by atoms with Gasteiger partial charge in [0.2, 0.25) is 0 Å². The van der Waals surface area contributed by atoms with Gasteiger partial charge in [-0.2, -0.15) is 0 Å². The molecule has 8 aromatic rings. The summed E-state index contributed by atoms with van der Waals surface area (Å²) < 4.78 is 0. The third kappa shape index (κ3) is 4.27. The average molecular weight is 729 g/mol. The molecule has 0 unspecified atom stereocenters. The Morgan fingerprint density at radius 3 is 1.46 bits per heavy atom. The van der Waals surface area contributed by atoms with Gasteiger partial charge in [-0.05, 0) is 114 Å². The molecule has 12 rings (SSSR count). The first-order valence-electron chi connectivity index (χ1n) is 20.3. The highest BCUT2D eigenvalue weighted by molar-refractivity contribution is 7.00. The number of para-hydroxylation sites is 2. The molecule has 0 spiro atoms. The van der Waals surface area contributed by atoms with Crippen molar-refractivity contribution in [3.05, 3.63) is 198 Å². The van der Waals surface area contributed by atoms with Crippen molar-refractivity contribution in [1.29, 1.82) is 0 Å². The second kappa shape index (κ2) is 11.5. The van der Waals surface area contributed by atoms with Crippen LogP contribution in [0.25, 0.3) is 33.4 Å². The molecule has 4 aliphatic rings. The average Bonchev–Trinajstić information content (AvgIpc) is 3.64. The molecule has 2 nitrogen and oxygen atoms in total. The number of nitrogens with zero attached hydrogens (tertiary/aromatic N) is 2. The number of anilines is 6. The van der Waals surface area contributed by atoms with Crippen molar-refractivity contribution >= 4 is 57.2 Å². The SMILES string of the molecule is CC1(C)c2ccccc2-c2cccc(-c3ccc(N4c5ccccc5B5c6ccccc6N(c6cccc7c6C(C)(C)c6ccccc6-7)c6cccc4c65)cc3)c21. The summed E-state index contributed by atoms with van der Waals surface area (Å²) >= 11 is 0. The Balaban J connectivity index is 1.04. The number of benzene rings is 8. The highest BCUT2D eigenvalue weighted by Gasteiger charge is 2.45. The lowest BCUT2D eigenvalue weighted by Gasteiger charge is -2.44. The van der Waals surface area contributed by atoms with Gasteiger partial charge in [-0.15, -0.1) is 0 Å². The standard InChI is InChI=1S/C54H41BN2/c1-53(2)41-21-7-5-16-37(41)39-19-13-18-36(50(39)53)34-30-32-35(33-31-34)56-45-25-11-9-23-43(45)55-44-24-10-12-26-46(44)57(49-29-15-28-48(56)52(49)55)47-27-14-20-40-38-17-6-8-22-42(38)54(3,4)51(40)47/h5-33H,1-4H3. The third-order valence-corrected chi connectivity index (χ3v) is 13.6. The van der Waals surface area contributed by atoms with Crippen LogP contribution in [-0.2, 0) is 10.8 Å². The first-order chi connectivity index (χ1) is 27.8. The van der Waals surface area contributed by atoms with Gasteiger partial charge in [-0.25, -0.2) is 0 Å². The van der Waals surface area contributed by atoms with Gasteiger partial charge in [0.05, 0.1) is 5.69 Å². The van der Waals surface area contributed by atoms with Crippen LogP contribution in [0, 0.1) is 0 Å². The minimum absolute atomic E-state index is 0.0792. The van der Waals surface area contributed by atoms with E-state index < -0.39 is 0 Å². The maximum absolute atomic E-state index is 2.57. The molecular formula is C54H41BN2. The van der Waals surface area contributed by atoms with E-state index in [1.165, 1.54) is 100 Å². The van der Waals surface area contributed by atoms with Crippen LogP contribution in [0.3, 0.4) is 0 Å². The number of rotatable bonds is 3. The molecule has 0 radical (unpaired) electrons. The highest BCUT2D eigenvalue weighted by Crippen LogP contribution is 2.55. The molecular weight excluding hydrogens is 687 g/mol. The maximum Gasteiger partial charge on any atom is 0.252 e. The van der Waals surface area contributed by atoms with E-state index in [2.05, 4.69) is 213 Å². The Kier molecular flexibility index (Phi) is 6.58. The summed E-state index contributed by atoms with van der Waals surface area (Å²) in [5.41, 5.74) is 24.7. The van der Waals surface area contributed by atoms with Gasteiger partial charge < -0.3 is 9.80 Å². The van der Waals surface area contributed by atoms with E-state index in [1.807, 2.05) is 0 Å².